The lowest BCUT2D eigenvalue weighted by molar-refractivity contribution is 0.795. The summed E-state index contributed by atoms with van der Waals surface area (Å²) < 4.78 is 4.22. The molecule has 6 heteroatoms. The topological polar surface area (TPSA) is 52.9 Å². The van der Waals surface area contributed by atoms with Crippen LogP contribution in [0.5, 0.6) is 0 Å². The van der Waals surface area contributed by atoms with Crippen LogP contribution in [0.4, 0.5) is 0 Å². The van der Waals surface area contributed by atoms with E-state index in [0.717, 1.165) is 26.6 Å². The van der Waals surface area contributed by atoms with Gasteiger partial charge in [-0.25, -0.2) is 4.79 Å². The Morgan fingerprint density at radius 3 is 2.33 bits per heavy atom. The Morgan fingerprint density at radius 1 is 1.14 bits per heavy atom. The van der Waals surface area contributed by atoms with E-state index in [9.17, 15) is 4.79 Å². The van der Waals surface area contributed by atoms with Crippen LogP contribution in [-0.4, -0.2) is 9.13 Å². The molecule has 110 valence electrons. The first-order valence-electron chi connectivity index (χ1n) is 6.55. The number of hydrogen-bond donors (Lipinski definition) is 1. The van der Waals surface area contributed by atoms with Crippen LogP contribution in [0.25, 0.3) is 11.0 Å². The van der Waals surface area contributed by atoms with Crippen molar-refractivity contribution >= 4 is 38.3 Å². The third kappa shape index (κ3) is 2.18. The fourth-order valence-electron chi connectivity index (χ4n) is 2.63. The Hall–Kier alpha value is -1.37. The first-order valence-corrected chi connectivity index (χ1v) is 8.28. The Morgan fingerprint density at radius 2 is 1.76 bits per heavy atom. The largest absolute Gasteiger partial charge is 0.328 e. The third-order valence-corrected chi connectivity index (χ3v) is 5.52. The lowest BCUT2D eigenvalue weighted by atomic mass is 9.99. The maximum Gasteiger partial charge on any atom is 0.328 e. The quantitative estimate of drug-likeness (QED) is 0.758. The van der Waals surface area contributed by atoms with Gasteiger partial charge in [0.25, 0.3) is 0 Å². The number of aromatic nitrogens is 2. The number of hydrogen-bond acceptors (Lipinski definition) is 3. The van der Waals surface area contributed by atoms with E-state index >= 15 is 0 Å². The molecule has 1 atom stereocenters. The average molecular weight is 366 g/mol. The number of halogens is 1. The molecule has 2 aromatic heterocycles. The van der Waals surface area contributed by atoms with Crippen molar-refractivity contribution in [1.29, 1.82) is 0 Å². The Labute approximate surface area is 134 Å². The summed E-state index contributed by atoms with van der Waals surface area (Å²) in [6.45, 7) is 2.07. The number of rotatable bonds is 2. The van der Waals surface area contributed by atoms with Crippen LogP contribution in [-0.2, 0) is 14.1 Å². The minimum atomic E-state index is -0.203. The van der Waals surface area contributed by atoms with E-state index in [1.54, 1.807) is 34.6 Å². The number of nitrogens with zero attached hydrogens (tertiary/aromatic N) is 2. The van der Waals surface area contributed by atoms with E-state index in [-0.39, 0.29) is 11.7 Å². The molecule has 0 spiro atoms. The summed E-state index contributed by atoms with van der Waals surface area (Å²) in [4.78, 5) is 12.0. The normalized spacial score (nSPS) is 13.0. The van der Waals surface area contributed by atoms with Gasteiger partial charge in [-0.2, -0.15) is 11.3 Å². The maximum atomic E-state index is 12.0. The standard InChI is InChI=1S/C15H16BrN3OS/c1-8-6-21-7-10(8)14(17)9-4-12-13(5-11(9)16)19(3)15(20)18(12)2/h4-7,14H,17H2,1-3H3. The summed E-state index contributed by atoms with van der Waals surface area (Å²) in [6, 6.07) is 3.77. The van der Waals surface area contributed by atoms with Crippen LogP contribution < -0.4 is 11.4 Å². The van der Waals surface area contributed by atoms with E-state index in [1.807, 2.05) is 12.1 Å². The molecule has 1 aromatic carbocycles. The summed E-state index contributed by atoms with van der Waals surface area (Å²) in [5.74, 6) is 0. The Bertz CT molecular complexity index is 890. The van der Waals surface area contributed by atoms with Crippen molar-refractivity contribution < 1.29 is 0 Å². The van der Waals surface area contributed by atoms with E-state index in [4.69, 9.17) is 5.73 Å². The summed E-state index contributed by atoms with van der Waals surface area (Å²) in [7, 11) is 3.56. The van der Waals surface area contributed by atoms with E-state index in [2.05, 4.69) is 33.6 Å². The average Bonchev–Trinajstić information content (AvgIpc) is 2.97. The molecular formula is C15H16BrN3OS. The van der Waals surface area contributed by atoms with Crippen LogP contribution in [0, 0.1) is 6.92 Å². The van der Waals surface area contributed by atoms with Crippen LogP contribution in [0.1, 0.15) is 22.7 Å². The molecule has 0 saturated carbocycles. The number of imidazole rings is 1. The van der Waals surface area contributed by atoms with Gasteiger partial charge in [0, 0.05) is 18.6 Å². The molecule has 0 amide bonds. The predicted molar refractivity (Wildman–Crippen MR) is 90.9 cm³/mol. The van der Waals surface area contributed by atoms with Crippen LogP contribution in [0.3, 0.4) is 0 Å². The van der Waals surface area contributed by atoms with Crippen molar-refractivity contribution in [2.75, 3.05) is 0 Å². The highest BCUT2D eigenvalue weighted by molar-refractivity contribution is 9.10. The van der Waals surface area contributed by atoms with Crippen molar-refractivity contribution in [2.24, 2.45) is 19.8 Å². The molecule has 4 nitrogen and oxygen atoms in total. The van der Waals surface area contributed by atoms with E-state index in [0.29, 0.717) is 0 Å². The van der Waals surface area contributed by atoms with Crippen molar-refractivity contribution in [1.82, 2.24) is 9.13 Å². The van der Waals surface area contributed by atoms with Crippen molar-refractivity contribution in [3.05, 3.63) is 54.5 Å². The highest BCUT2D eigenvalue weighted by Crippen LogP contribution is 2.32. The lowest BCUT2D eigenvalue weighted by Crippen LogP contribution is -2.19. The Kier molecular flexibility index (Phi) is 3.55. The molecule has 0 fully saturated rings. The van der Waals surface area contributed by atoms with Gasteiger partial charge in [-0.1, -0.05) is 15.9 Å². The van der Waals surface area contributed by atoms with Crippen LogP contribution >= 0.6 is 27.3 Å². The second kappa shape index (κ2) is 5.12. The molecule has 2 heterocycles. The Balaban J connectivity index is 2.24. The van der Waals surface area contributed by atoms with E-state index < -0.39 is 0 Å². The highest BCUT2D eigenvalue weighted by atomic mass is 79.9. The molecule has 0 saturated heterocycles. The zero-order chi connectivity index (χ0) is 15.3. The first kappa shape index (κ1) is 14.6. The SMILES string of the molecule is Cc1cscc1C(N)c1cc2c(cc1Br)n(C)c(=O)n2C. The summed E-state index contributed by atoms with van der Waals surface area (Å²) in [5.41, 5.74) is 11.5. The van der Waals surface area contributed by atoms with Crippen molar-refractivity contribution in [3.63, 3.8) is 0 Å². The fourth-order valence-corrected chi connectivity index (χ4v) is 4.10. The van der Waals surface area contributed by atoms with Gasteiger partial charge in [-0.05, 0) is 46.5 Å². The molecule has 3 rings (SSSR count). The maximum absolute atomic E-state index is 12.0. The number of fused-ring (bicyclic) bond motifs is 1. The molecule has 0 aliphatic carbocycles. The lowest BCUT2D eigenvalue weighted by Gasteiger charge is -2.15. The number of benzene rings is 1. The predicted octanol–water partition coefficient (Wildman–Crippen LogP) is 3.06. The van der Waals surface area contributed by atoms with Gasteiger partial charge >= 0.3 is 5.69 Å². The number of nitrogens with two attached hydrogens (primary N) is 1. The molecule has 0 aliphatic heterocycles. The van der Waals surface area contributed by atoms with E-state index in [1.165, 1.54) is 5.56 Å². The second-order valence-corrected chi connectivity index (χ2v) is 6.85. The van der Waals surface area contributed by atoms with Crippen molar-refractivity contribution in [2.45, 2.75) is 13.0 Å². The second-order valence-electron chi connectivity index (χ2n) is 5.25. The van der Waals surface area contributed by atoms with Crippen LogP contribution in [0.15, 0.2) is 32.2 Å². The molecule has 1 unspecified atom stereocenters. The third-order valence-electron chi connectivity index (χ3n) is 3.96. The van der Waals surface area contributed by atoms with Gasteiger partial charge in [0.2, 0.25) is 0 Å². The molecule has 0 radical (unpaired) electrons. The van der Waals surface area contributed by atoms with Gasteiger partial charge in [0.05, 0.1) is 17.1 Å². The molecule has 3 aromatic rings. The zero-order valence-corrected chi connectivity index (χ0v) is 14.5. The smallest absolute Gasteiger partial charge is 0.320 e. The highest BCUT2D eigenvalue weighted by Gasteiger charge is 2.18. The number of thiophene rings is 1. The fraction of sp³-hybridized carbons (Fsp3) is 0.267. The summed E-state index contributed by atoms with van der Waals surface area (Å²) >= 11 is 5.25. The first-order chi connectivity index (χ1) is 9.91. The van der Waals surface area contributed by atoms with Gasteiger partial charge < -0.3 is 5.73 Å². The monoisotopic (exact) mass is 365 g/mol. The molecule has 2 N–H and O–H groups in total. The molecular weight excluding hydrogens is 350 g/mol. The van der Waals surface area contributed by atoms with Gasteiger partial charge in [-0.15, -0.1) is 0 Å². The molecule has 0 bridgehead atoms. The van der Waals surface area contributed by atoms with Gasteiger partial charge in [0.1, 0.15) is 0 Å². The molecule has 0 aliphatic rings. The van der Waals surface area contributed by atoms with Gasteiger partial charge in [-0.3, -0.25) is 9.13 Å². The molecule has 21 heavy (non-hydrogen) atoms. The minimum Gasteiger partial charge on any atom is -0.320 e. The van der Waals surface area contributed by atoms with Crippen LogP contribution in [0.2, 0.25) is 0 Å². The zero-order valence-electron chi connectivity index (χ0n) is 12.1. The minimum absolute atomic E-state index is 0.0330. The summed E-state index contributed by atoms with van der Waals surface area (Å²) in [6.07, 6.45) is 0. The number of aryl methyl sites for hydroxylation is 3. The summed E-state index contributed by atoms with van der Waals surface area (Å²) in [5, 5.41) is 4.18. The van der Waals surface area contributed by atoms with Crippen molar-refractivity contribution in [3.8, 4) is 0 Å². The van der Waals surface area contributed by atoms with Gasteiger partial charge in [0.15, 0.2) is 0 Å².